The second-order valence-electron chi connectivity index (χ2n) is 3.10. The lowest BCUT2D eigenvalue weighted by Crippen LogP contribution is -2.18. The van der Waals surface area contributed by atoms with Gasteiger partial charge in [-0.25, -0.2) is 0 Å². The Morgan fingerprint density at radius 1 is 1.43 bits per heavy atom. The van der Waals surface area contributed by atoms with E-state index in [-0.39, 0.29) is 17.7 Å². The van der Waals surface area contributed by atoms with E-state index in [0.717, 1.165) is 24.4 Å². The lowest BCUT2D eigenvalue weighted by Gasteiger charge is -2.07. The summed E-state index contributed by atoms with van der Waals surface area (Å²) in [4.78, 5) is 4.80. The molecule has 2 atom stereocenters. The van der Waals surface area contributed by atoms with Gasteiger partial charge in [0.05, 0.1) is 16.0 Å². The van der Waals surface area contributed by atoms with E-state index >= 15 is 0 Å². The van der Waals surface area contributed by atoms with Crippen LogP contribution in [0.25, 0.3) is 0 Å². The van der Waals surface area contributed by atoms with Crippen LogP contribution in [-0.2, 0) is 10.8 Å². The zero-order valence-corrected chi connectivity index (χ0v) is 9.31. The summed E-state index contributed by atoms with van der Waals surface area (Å²) in [7, 11) is -0.861. The third-order valence-electron chi connectivity index (χ3n) is 2.20. The molecule has 0 spiro atoms. The summed E-state index contributed by atoms with van der Waals surface area (Å²) in [5, 5.41) is 3.49. The van der Waals surface area contributed by atoms with Gasteiger partial charge >= 0.3 is 0 Å². The van der Waals surface area contributed by atoms with Crippen molar-refractivity contribution in [2.45, 2.75) is 16.6 Å². The number of hydrogen-bond donors (Lipinski definition) is 1. The van der Waals surface area contributed by atoms with Gasteiger partial charge < -0.3 is 5.32 Å². The average molecular weight is 233 g/mol. The molecule has 1 aromatic heterocycles. The van der Waals surface area contributed by atoms with Crippen LogP contribution < -0.4 is 5.32 Å². The Hall–Kier alpha value is -0.450. The predicted molar refractivity (Wildman–Crippen MR) is 59.2 cm³/mol. The van der Waals surface area contributed by atoms with E-state index in [1.807, 2.05) is 12.1 Å². The Balaban J connectivity index is 0.000000980. The van der Waals surface area contributed by atoms with Crippen LogP contribution in [0.3, 0.4) is 0 Å². The fourth-order valence-electron chi connectivity index (χ4n) is 1.48. The first-order valence-corrected chi connectivity index (χ1v) is 5.60. The molecule has 1 aliphatic rings. The van der Waals surface area contributed by atoms with Crippen molar-refractivity contribution in [2.24, 2.45) is 0 Å². The summed E-state index contributed by atoms with van der Waals surface area (Å²) in [5.74, 6) is 0. The first kappa shape index (κ1) is 11.6. The maximum absolute atomic E-state index is 11.9. The van der Waals surface area contributed by atoms with E-state index in [4.69, 9.17) is 0 Å². The molecule has 0 amide bonds. The Kier molecular flexibility index (Phi) is 4.51. The number of nitrogens with zero attached hydrogens (tertiary/aromatic N) is 1. The minimum absolute atomic E-state index is 0. The number of rotatable bonds is 2. The van der Waals surface area contributed by atoms with Gasteiger partial charge in [-0.3, -0.25) is 9.19 Å². The van der Waals surface area contributed by atoms with Crippen molar-refractivity contribution < 1.29 is 4.21 Å². The molecule has 1 saturated heterocycles. The predicted octanol–water partition coefficient (Wildman–Crippen LogP) is 0.973. The zero-order valence-electron chi connectivity index (χ0n) is 7.68. The maximum atomic E-state index is 11.9. The Morgan fingerprint density at radius 3 is 2.71 bits per heavy atom. The summed E-state index contributed by atoms with van der Waals surface area (Å²) in [6.07, 6.45) is 4.39. The summed E-state index contributed by atoms with van der Waals surface area (Å²) in [6.45, 7) is 1.86. The highest BCUT2D eigenvalue weighted by Crippen LogP contribution is 2.14. The fourth-order valence-corrected chi connectivity index (χ4v) is 2.85. The van der Waals surface area contributed by atoms with Crippen LogP contribution in [0, 0.1) is 0 Å². The summed E-state index contributed by atoms with van der Waals surface area (Å²) in [5.41, 5.74) is 0. The van der Waals surface area contributed by atoms with Gasteiger partial charge in [-0.15, -0.1) is 12.4 Å². The van der Waals surface area contributed by atoms with Crippen molar-refractivity contribution in [1.82, 2.24) is 10.3 Å². The van der Waals surface area contributed by atoms with Gasteiger partial charge in [-0.1, -0.05) is 0 Å². The van der Waals surface area contributed by atoms with Gasteiger partial charge in [-0.2, -0.15) is 0 Å². The van der Waals surface area contributed by atoms with Gasteiger partial charge in [0.1, 0.15) is 0 Å². The molecule has 14 heavy (non-hydrogen) atoms. The van der Waals surface area contributed by atoms with E-state index < -0.39 is 10.8 Å². The molecule has 1 N–H and O–H groups in total. The second-order valence-corrected chi connectivity index (χ2v) is 4.83. The van der Waals surface area contributed by atoms with E-state index in [2.05, 4.69) is 10.3 Å². The molecule has 5 heteroatoms. The molecule has 1 aliphatic heterocycles. The smallest absolute Gasteiger partial charge is 0.0575 e. The maximum Gasteiger partial charge on any atom is 0.0575 e. The van der Waals surface area contributed by atoms with Crippen LogP contribution in [0.4, 0.5) is 0 Å². The Bertz CT molecular complexity index is 301. The number of hydrogen-bond acceptors (Lipinski definition) is 3. The second kappa shape index (κ2) is 5.44. The molecule has 1 unspecified atom stereocenters. The van der Waals surface area contributed by atoms with Crippen molar-refractivity contribution >= 4 is 23.2 Å². The number of halogens is 1. The van der Waals surface area contributed by atoms with Crippen molar-refractivity contribution in [3.8, 4) is 0 Å². The van der Waals surface area contributed by atoms with Crippen molar-refractivity contribution in [3.05, 3.63) is 24.5 Å². The minimum atomic E-state index is -0.861. The monoisotopic (exact) mass is 232 g/mol. The highest BCUT2D eigenvalue weighted by molar-refractivity contribution is 7.85. The van der Waals surface area contributed by atoms with E-state index in [1.54, 1.807) is 12.4 Å². The summed E-state index contributed by atoms with van der Waals surface area (Å²) >= 11 is 0. The van der Waals surface area contributed by atoms with Crippen molar-refractivity contribution in [3.63, 3.8) is 0 Å². The molecule has 1 aromatic rings. The van der Waals surface area contributed by atoms with Crippen molar-refractivity contribution in [2.75, 3.05) is 13.1 Å². The highest BCUT2D eigenvalue weighted by atomic mass is 35.5. The van der Waals surface area contributed by atoms with Crippen molar-refractivity contribution in [1.29, 1.82) is 0 Å². The number of aromatic nitrogens is 1. The molecule has 0 aliphatic carbocycles. The molecular weight excluding hydrogens is 220 g/mol. The van der Waals surface area contributed by atoms with E-state index in [1.165, 1.54) is 0 Å². The van der Waals surface area contributed by atoms with Crippen LogP contribution in [0.2, 0.25) is 0 Å². The number of nitrogens with one attached hydrogen (secondary N) is 1. The molecule has 3 nitrogen and oxygen atoms in total. The van der Waals surface area contributed by atoms with Crippen LogP contribution in [0.5, 0.6) is 0 Å². The molecule has 0 radical (unpaired) electrons. The van der Waals surface area contributed by atoms with E-state index in [0.29, 0.717) is 0 Å². The van der Waals surface area contributed by atoms with Crippen LogP contribution >= 0.6 is 12.4 Å². The first-order chi connectivity index (χ1) is 6.38. The lowest BCUT2D eigenvalue weighted by atomic mass is 10.4. The molecule has 0 aromatic carbocycles. The van der Waals surface area contributed by atoms with Gasteiger partial charge in [0.2, 0.25) is 0 Å². The standard InChI is InChI=1S/C9H12N2OS.ClH/c12-13(9-3-6-11-7-9)8-1-4-10-5-2-8;/h1-2,4-5,9,11H,3,6-7H2;1H/t9-,13?;/m0./s1. The third-order valence-corrected chi connectivity index (χ3v) is 3.94. The Labute approximate surface area is 92.2 Å². The zero-order chi connectivity index (χ0) is 9.10. The van der Waals surface area contributed by atoms with Gasteiger partial charge in [0.15, 0.2) is 0 Å². The fraction of sp³-hybridized carbons (Fsp3) is 0.444. The number of pyridine rings is 1. The highest BCUT2D eigenvalue weighted by Gasteiger charge is 2.21. The van der Waals surface area contributed by atoms with Crippen LogP contribution in [-0.4, -0.2) is 27.5 Å². The summed E-state index contributed by atoms with van der Waals surface area (Å²) < 4.78 is 11.9. The summed E-state index contributed by atoms with van der Waals surface area (Å²) in [6, 6.07) is 3.66. The molecule has 2 rings (SSSR count). The van der Waals surface area contributed by atoms with Gasteiger partial charge in [0.25, 0.3) is 0 Å². The molecule has 0 saturated carbocycles. The van der Waals surface area contributed by atoms with E-state index in [9.17, 15) is 4.21 Å². The van der Waals surface area contributed by atoms with Gasteiger partial charge in [-0.05, 0) is 25.1 Å². The first-order valence-electron chi connectivity index (χ1n) is 4.39. The van der Waals surface area contributed by atoms with Crippen LogP contribution in [0.15, 0.2) is 29.4 Å². The van der Waals surface area contributed by atoms with Gasteiger partial charge in [0, 0.05) is 23.8 Å². The Morgan fingerprint density at radius 2 is 2.14 bits per heavy atom. The third kappa shape index (κ3) is 2.53. The topological polar surface area (TPSA) is 42.0 Å². The SMILES string of the molecule is Cl.O=S(c1ccncc1)[C@H]1CCNC1. The molecule has 78 valence electrons. The van der Waals surface area contributed by atoms with Crippen LogP contribution in [0.1, 0.15) is 6.42 Å². The quantitative estimate of drug-likeness (QED) is 0.827. The normalized spacial score (nSPS) is 22.7. The lowest BCUT2D eigenvalue weighted by molar-refractivity contribution is 0.672. The molecule has 1 fully saturated rings. The average Bonchev–Trinajstić information content (AvgIpc) is 2.71. The molecule has 0 bridgehead atoms. The largest absolute Gasteiger partial charge is 0.315 e. The molecular formula is C9H13ClN2OS. The minimum Gasteiger partial charge on any atom is -0.315 e. The molecule has 2 heterocycles.